The molecule has 0 aromatic heterocycles. The van der Waals surface area contributed by atoms with Crippen LogP contribution in [0.25, 0.3) is 0 Å². The van der Waals surface area contributed by atoms with E-state index in [4.69, 9.17) is 19.5 Å². The zero-order valence-electron chi connectivity index (χ0n) is 54.5. The number of thioether (sulfide) groups is 1. The molecule has 0 aromatic carbocycles. The fourth-order valence-corrected chi connectivity index (χ4v) is 19.8. The second-order valence-electron chi connectivity index (χ2n) is 28.0. The normalized spacial score (nSPS) is 33.9. The van der Waals surface area contributed by atoms with E-state index in [0.717, 1.165) is 107 Å². The van der Waals surface area contributed by atoms with Crippen molar-refractivity contribution in [2.45, 2.75) is 265 Å². The molecule has 6 fully saturated rings. The number of esters is 1. The number of carbonyl (C=O) groups excluding carboxylic acids is 3. The molecule has 478 valence electrons. The topological polar surface area (TPSA) is 111 Å². The third-order valence-corrected chi connectivity index (χ3v) is 24.2. The first-order valence-electron chi connectivity index (χ1n) is 31.8. The molecule has 8 nitrogen and oxygen atoms in total. The molecule has 0 saturated heterocycles. The van der Waals surface area contributed by atoms with E-state index in [0.29, 0.717) is 58.2 Å². The fraction of sp³-hybridized carbons (Fsp3) is 0.900. The van der Waals surface area contributed by atoms with Crippen LogP contribution in [0, 0.1) is 92.7 Å². The summed E-state index contributed by atoms with van der Waals surface area (Å²) < 4.78 is 16.8. The van der Waals surface area contributed by atoms with Crippen molar-refractivity contribution in [1.82, 2.24) is 0 Å². The average Bonchev–Trinajstić information content (AvgIpc) is 4.01. The van der Waals surface area contributed by atoms with Gasteiger partial charge in [-0.2, -0.15) is 24.4 Å². The molecule has 16 atom stereocenters. The predicted molar refractivity (Wildman–Crippen MR) is 353 cm³/mol. The van der Waals surface area contributed by atoms with Crippen LogP contribution >= 0.6 is 40.3 Å². The van der Waals surface area contributed by atoms with Crippen LogP contribution < -0.4 is 108 Å². The molecule has 0 heterocycles. The minimum absolute atomic E-state index is 0. The second-order valence-corrected chi connectivity index (χ2v) is 30.5. The summed E-state index contributed by atoms with van der Waals surface area (Å²) in [5, 5.41) is 9.39. The van der Waals surface area contributed by atoms with Crippen LogP contribution in [0.5, 0.6) is 0 Å². The van der Waals surface area contributed by atoms with Crippen LogP contribution in [-0.2, 0) is 33.5 Å². The quantitative estimate of drug-likeness (QED) is 0.0123. The van der Waals surface area contributed by atoms with Crippen molar-refractivity contribution in [2.24, 2.45) is 92.7 Å². The first-order valence-corrected chi connectivity index (χ1v) is 34.7. The van der Waals surface area contributed by atoms with Crippen LogP contribution in [0.4, 0.5) is 0 Å². The van der Waals surface area contributed by atoms with Crippen LogP contribution in [-0.4, -0.2) is 73.3 Å². The number of allylic oxidation sites excluding steroid dienone is 2. The summed E-state index contributed by atoms with van der Waals surface area (Å²) in [4.78, 5) is 32.5. The summed E-state index contributed by atoms with van der Waals surface area (Å²) >= 11 is 9.20. The Morgan fingerprint density at radius 2 is 1.12 bits per heavy atom. The molecule has 0 spiro atoms. The van der Waals surface area contributed by atoms with Gasteiger partial charge in [0.2, 0.25) is 0 Å². The van der Waals surface area contributed by atoms with Crippen LogP contribution in [0.3, 0.4) is 0 Å². The number of halogens is 1. The maximum Gasteiger partial charge on any atom is 1.00 e. The molecule has 83 heavy (non-hydrogen) atoms. The van der Waals surface area contributed by atoms with Gasteiger partial charge in [0.15, 0.2) is 0 Å². The van der Waals surface area contributed by atoms with Crippen molar-refractivity contribution >= 4 is 58.5 Å². The molecular weight excluding hydrogens is 1190 g/mol. The Labute approximate surface area is 618 Å². The fourth-order valence-electron chi connectivity index (χ4n) is 18.6. The number of thiol groups is 1. The van der Waals surface area contributed by atoms with Gasteiger partial charge in [0, 0.05) is 30.4 Å². The molecule has 8 rings (SSSR count). The van der Waals surface area contributed by atoms with Crippen LogP contribution in [0.2, 0.25) is 0 Å². The summed E-state index contributed by atoms with van der Waals surface area (Å²) in [6.07, 6.45) is 38.0. The molecule has 0 bridgehead atoms. The van der Waals surface area contributed by atoms with E-state index in [1.54, 1.807) is 18.1 Å². The van der Waals surface area contributed by atoms with E-state index in [1.807, 2.05) is 11.8 Å². The minimum atomic E-state index is -0.199. The number of ether oxygens (including phenoxy) is 3. The van der Waals surface area contributed by atoms with Crippen molar-refractivity contribution in [3.8, 4) is 0 Å². The number of methoxy groups -OCH3 is 1. The second kappa shape index (κ2) is 41.9. The van der Waals surface area contributed by atoms with Crippen molar-refractivity contribution in [1.29, 1.82) is 0 Å². The van der Waals surface area contributed by atoms with Crippen LogP contribution in [0.1, 0.15) is 255 Å². The number of alkyl halides is 1. The molecule has 0 radical (unpaired) electrons. The van der Waals surface area contributed by atoms with Gasteiger partial charge in [-0.3, -0.25) is 14.4 Å². The van der Waals surface area contributed by atoms with E-state index in [1.165, 1.54) is 142 Å². The third-order valence-electron chi connectivity index (χ3n) is 22.7. The molecular formula is C70H129BrK2O8S2. The Morgan fingerprint density at radius 1 is 0.687 bits per heavy atom. The molecule has 0 aliphatic heterocycles. The number of rotatable bonds is 23. The largest absolute Gasteiger partial charge is 1.00 e. The van der Waals surface area contributed by atoms with E-state index >= 15 is 0 Å². The Morgan fingerprint density at radius 3 is 1.48 bits per heavy atom. The van der Waals surface area contributed by atoms with Gasteiger partial charge in [-0.1, -0.05) is 169 Å². The maximum absolute atomic E-state index is 11.1. The Bertz CT molecular complexity index is 1920. The Balaban J connectivity index is -0.00000126. The van der Waals surface area contributed by atoms with E-state index in [-0.39, 0.29) is 140 Å². The number of carbonyl (C=O) groups is 3. The van der Waals surface area contributed by atoms with E-state index < -0.39 is 0 Å². The molecule has 6 saturated carbocycles. The summed E-state index contributed by atoms with van der Waals surface area (Å²) in [5.74, 6) is 13.7. The molecule has 8 aliphatic carbocycles. The monoisotopic (exact) mass is 1320 g/mol. The van der Waals surface area contributed by atoms with Crippen molar-refractivity contribution < 1.29 is 144 Å². The van der Waals surface area contributed by atoms with Crippen molar-refractivity contribution in [3.63, 3.8) is 0 Å². The Hall–Kier alpha value is 2.42. The number of ketones is 1. The molecule has 0 unspecified atom stereocenters. The van der Waals surface area contributed by atoms with Crippen molar-refractivity contribution in [3.05, 3.63) is 23.3 Å². The van der Waals surface area contributed by atoms with Gasteiger partial charge in [-0.05, 0) is 202 Å². The van der Waals surface area contributed by atoms with Crippen LogP contribution in [0.15, 0.2) is 23.3 Å². The number of hydrogen-bond acceptors (Lipinski definition) is 10. The molecule has 13 heteroatoms. The molecule has 0 aromatic rings. The zero-order chi connectivity index (χ0) is 57.3. The third kappa shape index (κ3) is 23.1. The zero-order valence-corrected chi connectivity index (χ0v) is 63.1. The Kier molecular flexibility index (Phi) is 43.1. The first-order chi connectivity index (χ1) is 37.2. The molecule has 0 amide bonds. The first kappa shape index (κ1) is 85.4. The summed E-state index contributed by atoms with van der Waals surface area (Å²) in [5.41, 5.74) is 5.57. The van der Waals surface area contributed by atoms with E-state index in [9.17, 15) is 9.59 Å². The average molecular weight is 1320 g/mol. The number of hydrogen-bond donors (Lipinski definition) is 1. The smallest absolute Gasteiger partial charge is 1.00 e. The van der Waals surface area contributed by atoms with Gasteiger partial charge in [0.1, 0.15) is 5.78 Å². The number of fused-ring (bicyclic) bond motifs is 10. The SMILES string of the molecule is C.C.C.CC(=O)CCSCCO[C@H]1CC[C@@]2(C)C(=CC[C@H]3[C@@H]4CC[C@H]([C@H](C)CCCC(C)C)[C@@]4(C)CC[C@@H]32)C1.CC(C)CCC[C@@H](C)[C@H]1CC[C@H]2[C@@H]3CC=C4C[C@@H](OCCBr)CC[C@]4(C)[C@H]3CC[C@]12C.COC(=O)CCS.O=CO[O-].[2HH].[H-].[K+].[K+]. The summed E-state index contributed by atoms with van der Waals surface area (Å²) in [6.45, 7) is 28.6. The maximum atomic E-state index is 11.1. The van der Waals surface area contributed by atoms with Gasteiger partial charge >= 0.3 is 109 Å². The van der Waals surface area contributed by atoms with Gasteiger partial charge in [-0.15, -0.1) is 0 Å². The van der Waals surface area contributed by atoms with Crippen molar-refractivity contribution in [2.75, 3.05) is 42.9 Å². The van der Waals surface area contributed by atoms with E-state index in [2.05, 4.69) is 120 Å². The minimum Gasteiger partial charge on any atom is -1.00 e. The molecule has 0 N–H and O–H groups in total. The summed E-state index contributed by atoms with van der Waals surface area (Å²) in [6, 6.07) is 0. The van der Waals surface area contributed by atoms with Gasteiger partial charge in [0.25, 0.3) is 6.47 Å². The predicted octanol–water partition coefficient (Wildman–Crippen LogP) is 13.1. The standard InChI is InChI=1S/C33H56O2S.C29H49BrO.C4H8O2S.CH2O3.3CH4.2K.H2.H/c1-23(2)8-7-9-24(3)29-12-13-30-28-11-10-26-22-27(35-19-21-36-20-16-25(4)34)14-17-32(26,5)31(28)15-18-33(29,30)6;1-20(2)7-6-8-21(3)25-11-12-26-24-10-9-22-19-23(31-18-17-30)13-15-28(22,4)27(24)14-16-29(25,26)5;1-6-4(5)2-3-7;2-1-4-3;;;;;;;/h10,23-24,27-31H,7-9,11-22H2,1-6H3;9,20-21,23-27H,6-8,10-19H2,1-5H3;7H,2-3H2,1H3;1,3H;3*1H4;;;1H;/q;;;;;;;2*+1;;-1/p-1/t24-,27+,28+,29-,30+,31+,32+,33-;21-,23+,24+,25-,26+,27+,28+,29-;;;;;;;;;/m11........./s1/i;;;;;;;;;1+1;. The van der Waals surface area contributed by atoms with Gasteiger partial charge in [0.05, 0.1) is 39.0 Å². The van der Waals surface area contributed by atoms with Gasteiger partial charge in [-0.25, -0.2) is 0 Å². The van der Waals surface area contributed by atoms with Gasteiger partial charge < -0.3 is 25.8 Å². The molecule has 8 aliphatic rings. The number of Topliss-reactive ketones (excluding diaryl/α,β-unsaturated/α-hetero) is 1. The summed E-state index contributed by atoms with van der Waals surface area (Å²) in [7, 11) is 1.37.